The van der Waals surface area contributed by atoms with Crippen LogP contribution in [-0.2, 0) is 9.84 Å². The minimum atomic E-state index is -2.79. The van der Waals surface area contributed by atoms with Crippen LogP contribution < -0.4 is 0 Å². The van der Waals surface area contributed by atoms with Crippen molar-refractivity contribution in [2.75, 3.05) is 11.5 Å². The fourth-order valence-corrected chi connectivity index (χ4v) is 0.892. The Kier molecular flexibility index (Phi) is 2.76. The normalized spacial score (nSPS) is 11.1. The standard InChI is InChI=1S/C5H10O2S/c1-3-5-8(6,7)4-2/h3H,1,4-5H2,2H3. The van der Waals surface area contributed by atoms with Gasteiger partial charge in [0.1, 0.15) is 0 Å². The van der Waals surface area contributed by atoms with E-state index in [-0.39, 0.29) is 11.5 Å². The molecule has 3 heteroatoms. The number of rotatable bonds is 3. The molecule has 0 heterocycles. The van der Waals surface area contributed by atoms with Gasteiger partial charge in [-0.1, -0.05) is 13.0 Å². The highest BCUT2D eigenvalue weighted by Crippen LogP contribution is 1.87. The summed E-state index contributed by atoms with van der Waals surface area (Å²) in [6.45, 7) is 4.94. The lowest BCUT2D eigenvalue weighted by atomic mass is 10.8. The Morgan fingerprint density at radius 3 is 2.25 bits per heavy atom. The molecule has 0 fully saturated rings. The molecule has 0 aliphatic heterocycles. The molecule has 0 rings (SSSR count). The first-order chi connectivity index (χ1) is 3.62. The molecule has 0 spiro atoms. The van der Waals surface area contributed by atoms with Gasteiger partial charge in [-0.2, -0.15) is 0 Å². The van der Waals surface area contributed by atoms with Gasteiger partial charge in [0.2, 0.25) is 0 Å². The molecule has 0 aromatic rings. The molecule has 0 saturated carbocycles. The highest BCUT2D eigenvalue weighted by atomic mass is 32.2. The van der Waals surface area contributed by atoms with Gasteiger partial charge in [-0.3, -0.25) is 0 Å². The van der Waals surface area contributed by atoms with E-state index in [1.54, 1.807) is 6.92 Å². The van der Waals surface area contributed by atoms with Crippen LogP contribution in [0.25, 0.3) is 0 Å². The van der Waals surface area contributed by atoms with Gasteiger partial charge in [-0.15, -0.1) is 6.58 Å². The predicted octanol–water partition coefficient (Wildman–Crippen LogP) is 0.607. The summed E-state index contributed by atoms with van der Waals surface area (Å²) in [5.74, 6) is 0.308. The number of hydrogen-bond donors (Lipinski definition) is 0. The summed E-state index contributed by atoms with van der Waals surface area (Å²) in [6, 6.07) is 0. The second kappa shape index (κ2) is 2.87. The van der Waals surface area contributed by atoms with Crippen molar-refractivity contribution in [1.82, 2.24) is 0 Å². The van der Waals surface area contributed by atoms with Crippen LogP contribution in [-0.4, -0.2) is 19.9 Å². The molecule has 0 aromatic heterocycles. The molecule has 0 bridgehead atoms. The average molecular weight is 134 g/mol. The van der Waals surface area contributed by atoms with E-state index >= 15 is 0 Å². The van der Waals surface area contributed by atoms with Gasteiger partial charge in [0.05, 0.1) is 5.75 Å². The highest BCUT2D eigenvalue weighted by Gasteiger charge is 2.00. The Labute approximate surface area is 50.1 Å². The second-order valence-corrected chi connectivity index (χ2v) is 3.89. The predicted molar refractivity (Wildman–Crippen MR) is 34.5 cm³/mol. The minimum absolute atomic E-state index is 0.101. The summed E-state index contributed by atoms with van der Waals surface area (Å²) in [7, 11) is -2.79. The van der Waals surface area contributed by atoms with Gasteiger partial charge in [-0.25, -0.2) is 8.42 Å². The summed E-state index contributed by atoms with van der Waals surface area (Å²) in [5, 5.41) is 0. The molecule has 0 aliphatic rings. The van der Waals surface area contributed by atoms with E-state index in [4.69, 9.17) is 0 Å². The Bertz CT molecular complexity index is 155. The maximum Gasteiger partial charge on any atom is 0.153 e. The molecular weight excluding hydrogens is 124 g/mol. The molecule has 8 heavy (non-hydrogen) atoms. The fraction of sp³-hybridized carbons (Fsp3) is 0.600. The van der Waals surface area contributed by atoms with Crippen LogP contribution in [0.1, 0.15) is 6.92 Å². The number of sulfone groups is 1. The fourth-order valence-electron chi connectivity index (χ4n) is 0.297. The van der Waals surface area contributed by atoms with Crippen molar-refractivity contribution in [2.45, 2.75) is 6.92 Å². The first-order valence-corrected chi connectivity index (χ1v) is 4.26. The SMILES string of the molecule is C=CCS(=O)(=O)CC. The van der Waals surface area contributed by atoms with Crippen molar-refractivity contribution >= 4 is 9.84 Å². The average Bonchev–Trinajstić information content (AvgIpc) is 1.67. The summed E-state index contributed by atoms with van der Waals surface area (Å²) >= 11 is 0. The van der Waals surface area contributed by atoms with Gasteiger partial charge >= 0.3 is 0 Å². The summed E-state index contributed by atoms with van der Waals surface area (Å²) in [4.78, 5) is 0. The molecule has 2 nitrogen and oxygen atoms in total. The topological polar surface area (TPSA) is 34.1 Å². The monoisotopic (exact) mass is 134 g/mol. The van der Waals surface area contributed by atoms with E-state index < -0.39 is 9.84 Å². The van der Waals surface area contributed by atoms with E-state index in [9.17, 15) is 8.42 Å². The molecule has 0 amide bonds. The van der Waals surface area contributed by atoms with Gasteiger partial charge < -0.3 is 0 Å². The van der Waals surface area contributed by atoms with Crippen LogP contribution in [0.2, 0.25) is 0 Å². The minimum Gasteiger partial charge on any atom is -0.229 e. The largest absolute Gasteiger partial charge is 0.229 e. The molecular formula is C5H10O2S. The van der Waals surface area contributed by atoms with Crippen molar-refractivity contribution in [2.24, 2.45) is 0 Å². The summed E-state index contributed by atoms with van der Waals surface area (Å²) in [6.07, 6.45) is 1.40. The Hall–Kier alpha value is -0.310. The quantitative estimate of drug-likeness (QED) is 0.530. The van der Waals surface area contributed by atoms with Gasteiger partial charge in [-0.05, 0) is 0 Å². The zero-order valence-electron chi connectivity index (χ0n) is 4.92. The van der Waals surface area contributed by atoms with Crippen molar-refractivity contribution < 1.29 is 8.42 Å². The summed E-state index contributed by atoms with van der Waals surface area (Å²) in [5.41, 5.74) is 0. The Morgan fingerprint density at radius 1 is 1.62 bits per heavy atom. The van der Waals surface area contributed by atoms with Crippen LogP contribution in [0.5, 0.6) is 0 Å². The van der Waals surface area contributed by atoms with Crippen LogP contribution in [0.4, 0.5) is 0 Å². The third-order valence-electron chi connectivity index (χ3n) is 0.812. The molecule has 0 radical (unpaired) electrons. The van der Waals surface area contributed by atoms with E-state index in [0.717, 1.165) is 0 Å². The van der Waals surface area contributed by atoms with E-state index in [1.165, 1.54) is 6.08 Å². The molecule has 0 N–H and O–H groups in total. The highest BCUT2D eigenvalue weighted by molar-refractivity contribution is 7.91. The molecule has 0 saturated heterocycles. The second-order valence-electron chi connectivity index (χ2n) is 1.49. The van der Waals surface area contributed by atoms with Crippen molar-refractivity contribution in [3.05, 3.63) is 12.7 Å². The van der Waals surface area contributed by atoms with Crippen LogP contribution >= 0.6 is 0 Å². The smallest absolute Gasteiger partial charge is 0.153 e. The van der Waals surface area contributed by atoms with Crippen molar-refractivity contribution in [1.29, 1.82) is 0 Å². The Morgan fingerprint density at radius 2 is 2.12 bits per heavy atom. The van der Waals surface area contributed by atoms with Crippen LogP contribution in [0, 0.1) is 0 Å². The lowest BCUT2D eigenvalue weighted by Crippen LogP contribution is -2.05. The number of hydrogen-bond acceptors (Lipinski definition) is 2. The van der Waals surface area contributed by atoms with Gasteiger partial charge in [0, 0.05) is 5.75 Å². The van der Waals surface area contributed by atoms with E-state index in [1.807, 2.05) is 0 Å². The zero-order chi connectivity index (χ0) is 6.62. The Balaban J connectivity index is 3.94. The van der Waals surface area contributed by atoms with Crippen molar-refractivity contribution in [3.8, 4) is 0 Å². The third-order valence-corrected chi connectivity index (χ3v) is 2.43. The first-order valence-electron chi connectivity index (χ1n) is 2.43. The molecule has 0 aromatic carbocycles. The lowest BCUT2D eigenvalue weighted by Gasteiger charge is -1.90. The van der Waals surface area contributed by atoms with Gasteiger partial charge in [0.25, 0.3) is 0 Å². The van der Waals surface area contributed by atoms with E-state index in [0.29, 0.717) is 0 Å². The van der Waals surface area contributed by atoms with Crippen molar-refractivity contribution in [3.63, 3.8) is 0 Å². The molecule has 48 valence electrons. The molecule has 0 unspecified atom stereocenters. The van der Waals surface area contributed by atoms with Crippen LogP contribution in [0.15, 0.2) is 12.7 Å². The maximum atomic E-state index is 10.5. The van der Waals surface area contributed by atoms with E-state index in [2.05, 4.69) is 6.58 Å². The lowest BCUT2D eigenvalue weighted by molar-refractivity contribution is 0.600. The van der Waals surface area contributed by atoms with Gasteiger partial charge in [0.15, 0.2) is 9.84 Å². The molecule has 0 atom stereocenters. The van der Waals surface area contributed by atoms with Crippen LogP contribution in [0.3, 0.4) is 0 Å². The summed E-state index contributed by atoms with van der Waals surface area (Å²) < 4.78 is 21.1. The zero-order valence-corrected chi connectivity index (χ0v) is 5.74. The third kappa shape index (κ3) is 2.80. The molecule has 0 aliphatic carbocycles. The maximum absolute atomic E-state index is 10.5. The first kappa shape index (κ1) is 7.69.